The van der Waals surface area contributed by atoms with Crippen LogP contribution in [0.25, 0.3) is 0 Å². The number of rotatable bonds is 4. The molecule has 0 aliphatic heterocycles. The largest absolute Gasteiger partial charge is 0.369 e. The first kappa shape index (κ1) is 12.1. The normalized spacial score (nSPS) is 10.5. The van der Waals surface area contributed by atoms with Crippen LogP contribution in [0.4, 0.5) is 5.82 Å². The van der Waals surface area contributed by atoms with Crippen LogP contribution in [0.1, 0.15) is 11.4 Å². The van der Waals surface area contributed by atoms with Gasteiger partial charge in [0.25, 0.3) is 0 Å². The maximum Gasteiger partial charge on any atom is 0.140 e. The van der Waals surface area contributed by atoms with E-state index >= 15 is 0 Å². The summed E-state index contributed by atoms with van der Waals surface area (Å²) >= 11 is 3.49. The van der Waals surface area contributed by atoms with Gasteiger partial charge in [0.2, 0.25) is 0 Å². The highest BCUT2D eigenvalue weighted by Gasteiger charge is 2.02. The molecule has 0 saturated carbocycles. The molecule has 2 aromatic heterocycles. The maximum atomic E-state index is 4.33. The number of nitrogens with zero attached hydrogens (tertiary/aromatic N) is 3. The van der Waals surface area contributed by atoms with Crippen molar-refractivity contribution in [3.05, 3.63) is 40.5 Å². The summed E-state index contributed by atoms with van der Waals surface area (Å²) in [5.41, 5.74) is 1.14. The molecule has 0 saturated heterocycles. The molecule has 0 atom stereocenters. The molecule has 0 radical (unpaired) electrons. The fourth-order valence-electron chi connectivity index (χ4n) is 1.59. The summed E-state index contributed by atoms with van der Waals surface area (Å²) < 4.78 is 3.02. The smallest absolute Gasteiger partial charge is 0.140 e. The molecule has 0 bridgehead atoms. The van der Waals surface area contributed by atoms with Crippen LogP contribution in [0, 0.1) is 6.92 Å². The van der Waals surface area contributed by atoms with Crippen molar-refractivity contribution in [3.8, 4) is 0 Å². The molecule has 0 amide bonds. The van der Waals surface area contributed by atoms with Crippen molar-refractivity contribution in [3.63, 3.8) is 0 Å². The average molecular weight is 295 g/mol. The molecule has 0 aliphatic carbocycles. The summed E-state index contributed by atoms with van der Waals surface area (Å²) in [6, 6.07) is 2.05. The predicted molar refractivity (Wildman–Crippen MR) is 72.1 cm³/mol. The molecule has 0 spiro atoms. The molecule has 90 valence electrons. The summed E-state index contributed by atoms with van der Waals surface area (Å²) in [6.45, 7) is 2.84. The number of aromatic nitrogens is 3. The van der Waals surface area contributed by atoms with Gasteiger partial charge in [0.1, 0.15) is 11.6 Å². The molecule has 5 heteroatoms. The number of hydrogen-bond donors (Lipinski definition) is 1. The van der Waals surface area contributed by atoms with Crippen molar-refractivity contribution in [2.24, 2.45) is 7.05 Å². The monoisotopic (exact) mass is 294 g/mol. The number of pyridine rings is 1. The first-order valence-electron chi connectivity index (χ1n) is 5.49. The third kappa shape index (κ3) is 3.06. The molecule has 17 heavy (non-hydrogen) atoms. The summed E-state index contributed by atoms with van der Waals surface area (Å²) in [4.78, 5) is 8.61. The van der Waals surface area contributed by atoms with Crippen LogP contribution < -0.4 is 5.32 Å². The zero-order chi connectivity index (χ0) is 12.3. The Balaban J connectivity index is 1.92. The van der Waals surface area contributed by atoms with Gasteiger partial charge in [-0.25, -0.2) is 9.97 Å². The van der Waals surface area contributed by atoms with Crippen LogP contribution in [-0.4, -0.2) is 21.1 Å². The van der Waals surface area contributed by atoms with E-state index in [1.54, 1.807) is 0 Å². The fraction of sp³-hybridized carbons (Fsp3) is 0.333. The molecule has 2 aromatic rings. The zero-order valence-electron chi connectivity index (χ0n) is 9.94. The first-order valence-corrected chi connectivity index (χ1v) is 6.28. The lowest BCUT2D eigenvalue weighted by molar-refractivity contribution is 0.788. The third-order valence-corrected chi connectivity index (χ3v) is 3.14. The standard InChI is InChI=1S/C12H15BrN4/c1-9-7-10(13)12(16-8-9)15-4-3-11-14-5-6-17(11)2/h5-8H,3-4H2,1-2H3,(H,15,16). The van der Waals surface area contributed by atoms with E-state index in [1.165, 1.54) is 0 Å². The van der Waals surface area contributed by atoms with Crippen molar-refractivity contribution in [2.45, 2.75) is 13.3 Å². The minimum absolute atomic E-state index is 0.819. The molecule has 1 N–H and O–H groups in total. The second-order valence-electron chi connectivity index (χ2n) is 3.97. The minimum atomic E-state index is 0.819. The number of aryl methyl sites for hydroxylation is 2. The molecule has 0 fully saturated rings. The van der Waals surface area contributed by atoms with Gasteiger partial charge in [-0.3, -0.25) is 0 Å². The van der Waals surface area contributed by atoms with E-state index in [9.17, 15) is 0 Å². The molecule has 0 aliphatic rings. The molecule has 2 rings (SSSR count). The average Bonchev–Trinajstić information content (AvgIpc) is 2.68. The molecule has 2 heterocycles. The van der Waals surface area contributed by atoms with E-state index in [2.05, 4.69) is 37.3 Å². The second kappa shape index (κ2) is 5.31. The Morgan fingerprint density at radius 3 is 2.88 bits per heavy atom. The fourth-order valence-corrected chi connectivity index (χ4v) is 2.20. The van der Waals surface area contributed by atoms with E-state index in [4.69, 9.17) is 0 Å². The Morgan fingerprint density at radius 2 is 2.24 bits per heavy atom. The highest BCUT2D eigenvalue weighted by atomic mass is 79.9. The van der Waals surface area contributed by atoms with Crippen LogP contribution in [0.3, 0.4) is 0 Å². The van der Waals surface area contributed by atoms with Crippen LogP contribution in [0.2, 0.25) is 0 Å². The highest BCUT2D eigenvalue weighted by Crippen LogP contribution is 2.20. The Bertz CT molecular complexity index is 507. The first-order chi connectivity index (χ1) is 8.16. The van der Waals surface area contributed by atoms with Crippen molar-refractivity contribution in [1.82, 2.24) is 14.5 Å². The van der Waals surface area contributed by atoms with Crippen LogP contribution in [0.5, 0.6) is 0 Å². The van der Waals surface area contributed by atoms with Gasteiger partial charge in [-0.15, -0.1) is 0 Å². The number of imidazole rings is 1. The minimum Gasteiger partial charge on any atom is -0.369 e. The van der Waals surface area contributed by atoms with Gasteiger partial charge in [0, 0.05) is 38.6 Å². The van der Waals surface area contributed by atoms with Crippen LogP contribution in [0.15, 0.2) is 29.1 Å². The predicted octanol–water partition coefficient (Wildman–Crippen LogP) is 2.54. The number of anilines is 1. The summed E-state index contributed by atoms with van der Waals surface area (Å²) in [7, 11) is 2.00. The van der Waals surface area contributed by atoms with Gasteiger partial charge in [-0.1, -0.05) is 0 Å². The van der Waals surface area contributed by atoms with Gasteiger partial charge in [-0.05, 0) is 34.5 Å². The molecule has 4 nitrogen and oxygen atoms in total. The van der Waals surface area contributed by atoms with Crippen molar-refractivity contribution in [1.29, 1.82) is 0 Å². The second-order valence-corrected chi connectivity index (χ2v) is 4.83. The zero-order valence-corrected chi connectivity index (χ0v) is 11.5. The SMILES string of the molecule is Cc1cnc(NCCc2nccn2C)c(Br)c1. The van der Waals surface area contributed by atoms with Gasteiger partial charge in [-0.2, -0.15) is 0 Å². The van der Waals surface area contributed by atoms with Crippen molar-refractivity contribution in [2.75, 3.05) is 11.9 Å². The number of nitrogens with one attached hydrogen (secondary N) is 1. The van der Waals surface area contributed by atoms with Gasteiger partial charge < -0.3 is 9.88 Å². The van der Waals surface area contributed by atoms with E-state index in [0.29, 0.717) is 0 Å². The summed E-state index contributed by atoms with van der Waals surface area (Å²) in [5, 5.41) is 3.29. The third-order valence-electron chi connectivity index (χ3n) is 2.54. The quantitative estimate of drug-likeness (QED) is 0.942. The number of halogens is 1. The van der Waals surface area contributed by atoms with Gasteiger partial charge >= 0.3 is 0 Å². The topological polar surface area (TPSA) is 42.7 Å². The van der Waals surface area contributed by atoms with E-state index in [-0.39, 0.29) is 0 Å². The Hall–Kier alpha value is -1.36. The molecule has 0 aromatic carbocycles. The maximum absolute atomic E-state index is 4.33. The van der Waals surface area contributed by atoms with Gasteiger partial charge in [0.05, 0.1) is 4.47 Å². The van der Waals surface area contributed by atoms with E-state index in [0.717, 1.165) is 34.6 Å². The highest BCUT2D eigenvalue weighted by molar-refractivity contribution is 9.10. The lowest BCUT2D eigenvalue weighted by Gasteiger charge is -2.08. The summed E-state index contributed by atoms with van der Waals surface area (Å²) in [6.07, 6.45) is 6.50. The van der Waals surface area contributed by atoms with Crippen molar-refractivity contribution >= 4 is 21.7 Å². The Morgan fingerprint density at radius 1 is 1.41 bits per heavy atom. The number of hydrogen-bond acceptors (Lipinski definition) is 3. The lowest BCUT2D eigenvalue weighted by Crippen LogP contribution is -2.10. The van der Waals surface area contributed by atoms with Gasteiger partial charge in [0.15, 0.2) is 0 Å². The summed E-state index contributed by atoms with van der Waals surface area (Å²) in [5.74, 6) is 1.95. The lowest BCUT2D eigenvalue weighted by atomic mass is 10.3. The molecular weight excluding hydrogens is 280 g/mol. The van der Waals surface area contributed by atoms with E-state index in [1.807, 2.05) is 37.1 Å². The molecular formula is C12H15BrN4. The Kier molecular flexibility index (Phi) is 3.78. The Labute approximate surface area is 109 Å². The van der Waals surface area contributed by atoms with Crippen molar-refractivity contribution < 1.29 is 0 Å². The van der Waals surface area contributed by atoms with E-state index < -0.39 is 0 Å². The molecule has 0 unspecified atom stereocenters. The van der Waals surface area contributed by atoms with Crippen LogP contribution >= 0.6 is 15.9 Å². The van der Waals surface area contributed by atoms with Crippen LogP contribution in [-0.2, 0) is 13.5 Å².